The van der Waals surface area contributed by atoms with Crippen molar-refractivity contribution in [3.05, 3.63) is 71.8 Å². The van der Waals surface area contributed by atoms with E-state index in [9.17, 15) is 9.59 Å². The Labute approximate surface area is 136 Å². The van der Waals surface area contributed by atoms with Crippen molar-refractivity contribution >= 4 is 11.9 Å². The number of carbonyl (C=O) groups is 2. The Balaban J connectivity index is 1.55. The Morgan fingerprint density at radius 2 is 1.04 bits per heavy atom. The quantitative estimate of drug-likeness (QED) is 0.555. The molecule has 0 saturated heterocycles. The molecule has 0 unspecified atom stereocenters. The van der Waals surface area contributed by atoms with Gasteiger partial charge in [0.1, 0.15) is 0 Å². The van der Waals surface area contributed by atoms with Gasteiger partial charge in [0.05, 0.1) is 26.1 Å². The summed E-state index contributed by atoms with van der Waals surface area (Å²) < 4.78 is 10.2. The molecule has 0 radical (unpaired) electrons. The average molecular weight is 312 g/mol. The normalized spacial score (nSPS) is 10.1. The molecule has 0 bridgehead atoms. The van der Waals surface area contributed by atoms with Crippen LogP contribution in [0.1, 0.15) is 17.5 Å². The van der Waals surface area contributed by atoms with E-state index >= 15 is 0 Å². The van der Waals surface area contributed by atoms with Gasteiger partial charge in [0.2, 0.25) is 0 Å². The van der Waals surface area contributed by atoms with Gasteiger partial charge >= 0.3 is 11.9 Å². The van der Waals surface area contributed by atoms with Crippen LogP contribution in [0.25, 0.3) is 0 Å². The van der Waals surface area contributed by atoms with E-state index in [1.807, 2.05) is 60.7 Å². The maximum Gasteiger partial charge on any atom is 0.310 e. The van der Waals surface area contributed by atoms with Gasteiger partial charge in [-0.3, -0.25) is 9.59 Å². The fourth-order valence-electron chi connectivity index (χ4n) is 2.06. The predicted octanol–water partition coefficient (Wildman–Crippen LogP) is 2.95. The van der Waals surface area contributed by atoms with E-state index in [1.54, 1.807) is 0 Å². The molecule has 0 aliphatic carbocycles. The molecule has 2 aromatic rings. The summed E-state index contributed by atoms with van der Waals surface area (Å²) in [6.45, 7) is 0.508. The lowest BCUT2D eigenvalue weighted by Gasteiger charge is -2.06. The number of hydrogen-bond donors (Lipinski definition) is 0. The third kappa shape index (κ3) is 6.78. The SMILES string of the molecule is O=C(Cc1ccccc1)OCCCOC(=O)Cc1ccccc1. The van der Waals surface area contributed by atoms with Gasteiger partial charge in [-0.15, -0.1) is 0 Å². The summed E-state index contributed by atoms with van der Waals surface area (Å²) in [6, 6.07) is 18.9. The lowest BCUT2D eigenvalue weighted by molar-refractivity contribution is -0.145. The zero-order valence-corrected chi connectivity index (χ0v) is 12.9. The van der Waals surface area contributed by atoms with E-state index in [0.29, 0.717) is 6.42 Å². The molecule has 2 rings (SSSR count). The zero-order chi connectivity index (χ0) is 16.3. The van der Waals surface area contributed by atoms with Gasteiger partial charge in [0.15, 0.2) is 0 Å². The monoisotopic (exact) mass is 312 g/mol. The second kappa shape index (κ2) is 9.41. The minimum Gasteiger partial charge on any atom is -0.465 e. The van der Waals surface area contributed by atoms with Crippen molar-refractivity contribution in [1.29, 1.82) is 0 Å². The molecule has 2 aromatic carbocycles. The number of hydrogen-bond acceptors (Lipinski definition) is 4. The lowest BCUT2D eigenvalue weighted by atomic mass is 10.2. The van der Waals surface area contributed by atoms with Gasteiger partial charge < -0.3 is 9.47 Å². The Hall–Kier alpha value is -2.62. The lowest BCUT2D eigenvalue weighted by Crippen LogP contribution is -2.13. The van der Waals surface area contributed by atoms with Crippen molar-refractivity contribution in [2.75, 3.05) is 13.2 Å². The second-order valence-electron chi connectivity index (χ2n) is 5.12. The smallest absolute Gasteiger partial charge is 0.310 e. The van der Waals surface area contributed by atoms with Crippen LogP contribution in [0.3, 0.4) is 0 Å². The van der Waals surface area contributed by atoms with Gasteiger partial charge in [-0.1, -0.05) is 60.7 Å². The fraction of sp³-hybridized carbons (Fsp3) is 0.263. The maximum absolute atomic E-state index is 11.6. The molecular weight excluding hydrogens is 292 g/mol. The maximum atomic E-state index is 11.6. The van der Waals surface area contributed by atoms with Crippen molar-refractivity contribution in [2.24, 2.45) is 0 Å². The average Bonchev–Trinajstić information content (AvgIpc) is 2.56. The standard InChI is InChI=1S/C19H20O4/c20-18(14-16-8-3-1-4-9-16)22-12-7-13-23-19(21)15-17-10-5-2-6-11-17/h1-6,8-11H,7,12-15H2. The summed E-state index contributed by atoms with van der Waals surface area (Å²) in [5.74, 6) is -0.543. The molecule has 0 aromatic heterocycles. The molecule has 0 aliphatic heterocycles. The molecule has 120 valence electrons. The molecular formula is C19H20O4. The second-order valence-corrected chi connectivity index (χ2v) is 5.12. The first-order valence-corrected chi connectivity index (χ1v) is 7.63. The van der Waals surface area contributed by atoms with E-state index in [-0.39, 0.29) is 38.0 Å². The highest BCUT2D eigenvalue weighted by molar-refractivity contribution is 5.73. The molecule has 0 amide bonds. The summed E-state index contributed by atoms with van der Waals surface area (Å²) in [5.41, 5.74) is 1.85. The van der Waals surface area contributed by atoms with Crippen molar-refractivity contribution in [2.45, 2.75) is 19.3 Å². The third-order valence-electron chi connectivity index (χ3n) is 3.20. The van der Waals surface area contributed by atoms with Crippen LogP contribution in [0.5, 0.6) is 0 Å². The summed E-state index contributed by atoms with van der Waals surface area (Å²) in [5, 5.41) is 0. The molecule has 0 atom stereocenters. The highest BCUT2D eigenvalue weighted by atomic mass is 16.5. The molecule has 0 N–H and O–H groups in total. The van der Waals surface area contributed by atoms with Gasteiger partial charge in [0.25, 0.3) is 0 Å². The minimum atomic E-state index is -0.271. The largest absolute Gasteiger partial charge is 0.465 e. The molecule has 0 aliphatic rings. The number of esters is 2. The Morgan fingerprint density at radius 1 is 0.652 bits per heavy atom. The Kier molecular flexibility index (Phi) is 6.85. The van der Waals surface area contributed by atoms with Crippen LogP contribution in [-0.4, -0.2) is 25.2 Å². The number of rotatable bonds is 8. The number of ether oxygens (including phenoxy) is 2. The highest BCUT2D eigenvalue weighted by Crippen LogP contribution is 2.02. The van der Waals surface area contributed by atoms with Crippen molar-refractivity contribution in [3.8, 4) is 0 Å². The predicted molar refractivity (Wildman–Crippen MR) is 86.8 cm³/mol. The number of carbonyl (C=O) groups excluding carboxylic acids is 2. The van der Waals surface area contributed by atoms with Crippen LogP contribution in [-0.2, 0) is 31.9 Å². The van der Waals surface area contributed by atoms with Crippen molar-refractivity contribution in [3.63, 3.8) is 0 Å². The van der Waals surface area contributed by atoms with Crippen LogP contribution in [0.15, 0.2) is 60.7 Å². The minimum absolute atomic E-state index is 0.254. The number of benzene rings is 2. The Bertz CT molecular complexity index is 552. The van der Waals surface area contributed by atoms with Crippen molar-refractivity contribution < 1.29 is 19.1 Å². The first kappa shape index (κ1) is 16.7. The zero-order valence-electron chi connectivity index (χ0n) is 12.9. The van der Waals surface area contributed by atoms with E-state index < -0.39 is 0 Å². The van der Waals surface area contributed by atoms with Crippen LogP contribution < -0.4 is 0 Å². The first-order valence-electron chi connectivity index (χ1n) is 7.63. The Morgan fingerprint density at radius 3 is 1.43 bits per heavy atom. The topological polar surface area (TPSA) is 52.6 Å². The third-order valence-corrected chi connectivity index (χ3v) is 3.20. The highest BCUT2D eigenvalue weighted by Gasteiger charge is 2.06. The van der Waals surface area contributed by atoms with Crippen LogP contribution in [0.4, 0.5) is 0 Å². The van der Waals surface area contributed by atoms with Crippen LogP contribution in [0, 0.1) is 0 Å². The summed E-state index contributed by atoms with van der Waals surface area (Å²) in [7, 11) is 0. The van der Waals surface area contributed by atoms with Gasteiger partial charge in [-0.25, -0.2) is 0 Å². The van der Waals surface area contributed by atoms with Crippen molar-refractivity contribution in [1.82, 2.24) is 0 Å². The molecule has 0 fully saturated rings. The first-order chi connectivity index (χ1) is 11.2. The van der Waals surface area contributed by atoms with E-state index in [2.05, 4.69) is 0 Å². The summed E-state index contributed by atoms with van der Waals surface area (Å²) in [4.78, 5) is 23.2. The van der Waals surface area contributed by atoms with Gasteiger partial charge in [-0.2, -0.15) is 0 Å². The summed E-state index contributed by atoms with van der Waals surface area (Å²) >= 11 is 0. The van der Waals surface area contributed by atoms with Gasteiger partial charge in [0, 0.05) is 6.42 Å². The fourth-order valence-corrected chi connectivity index (χ4v) is 2.06. The van der Waals surface area contributed by atoms with E-state index in [1.165, 1.54) is 0 Å². The summed E-state index contributed by atoms with van der Waals surface area (Å²) in [6.07, 6.45) is 1.02. The molecule has 4 nitrogen and oxygen atoms in total. The van der Waals surface area contributed by atoms with E-state index in [0.717, 1.165) is 11.1 Å². The van der Waals surface area contributed by atoms with Gasteiger partial charge in [-0.05, 0) is 11.1 Å². The van der Waals surface area contributed by atoms with Crippen LogP contribution in [0.2, 0.25) is 0 Å². The van der Waals surface area contributed by atoms with E-state index in [4.69, 9.17) is 9.47 Å². The molecule has 0 heterocycles. The molecule has 0 saturated carbocycles. The van der Waals surface area contributed by atoms with Crippen LogP contribution >= 0.6 is 0 Å². The molecule has 23 heavy (non-hydrogen) atoms. The molecule has 0 spiro atoms. The molecule has 4 heteroatoms.